The minimum Gasteiger partial charge on any atom is -0.399 e. The third-order valence-corrected chi connectivity index (χ3v) is 5.11. The quantitative estimate of drug-likeness (QED) is 0.802. The van der Waals surface area contributed by atoms with E-state index in [1.165, 1.54) is 12.1 Å². The van der Waals surface area contributed by atoms with Gasteiger partial charge in [0, 0.05) is 15.2 Å². The normalized spacial score (nSPS) is 11.3. The molecule has 0 fully saturated rings. The largest absolute Gasteiger partial charge is 0.399 e. The molecular formula is C13H12BrClN2O2S. The molecule has 0 bridgehead atoms. The van der Waals surface area contributed by atoms with Crippen LogP contribution < -0.4 is 10.5 Å². The van der Waals surface area contributed by atoms with E-state index in [2.05, 4.69) is 20.7 Å². The van der Waals surface area contributed by atoms with Crippen molar-refractivity contribution < 1.29 is 8.42 Å². The number of anilines is 2. The van der Waals surface area contributed by atoms with E-state index in [0.717, 1.165) is 0 Å². The molecule has 0 aliphatic heterocycles. The second-order valence-corrected chi connectivity index (χ2v) is 7.20. The summed E-state index contributed by atoms with van der Waals surface area (Å²) in [7, 11) is -3.69. The van der Waals surface area contributed by atoms with Gasteiger partial charge in [-0.3, -0.25) is 4.72 Å². The van der Waals surface area contributed by atoms with Gasteiger partial charge in [-0.25, -0.2) is 8.42 Å². The zero-order valence-corrected chi connectivity index (χ0v) is 13.7. The third kappa shape index (κ3) is 3.26. The maximum Gasteiger partial charge on any atom is 0.262 e. The Morgan fingerprint density at radius 1 is 1.20 bits per heavy atom. The van der Waals surface area contributed by atoms with Crippen LogP contribution in [0.3, 0.4) is 0 Å². The fraction of sp³-hybridized carbons (Fsp3) is 0.0769. The number of hydrogen-bond donors (Lipinski definition) is 2. The number of benzene rings is 2. The van der Waals surface area contributed by atoms with Gasteiger partial charge in [-0.05, 0) is 64.8 Å². The van der Waals surface area contributed by atoms with Crippen molar-refractivity contribution in [2.75, 3.05) is 10.5 Å². The lowest BCUT2D eigenvalue weighted by Gasteiger charge is -2.12. The highest BCUT2D eigenvalue weighted by Crippen LogP contribution is 2.29. The fourth-order valence-electron chi connectivity index (χ4n) is 1.75. The van der Waals surface area contributed by atoms with Gasteiger partial charge in [0.2, 0.25) is 0 Å². The van der Waals surface area contributed by atoms with Crippen molar-refractivity contribution in [3.8, 4) is 0 Å². The molecule has 0 heterocycles. The predicted octanol–water partition coefficient (Wildman–Crippen LogP) is 3.79. The van der Waals surface area contributed by atoms with Gasteiger partial charge in [-0.2, -0.15) is 0 Å². The summed E-state index contributed by atoms with van der Waals surface area (Å²) in [5, 5.41) is 0.444. The van der Waals surface area contributed by atoms with E-state index in [0.29, 0.717) is 26.4 Å². The average molecular weight is 376 g/mol. The molecule has 0 atom stereocenters. The van der Waals surface area contributed by atoms with E-state index in [1.807, 2.05) is 0 Å². The monoisotopic (exact) mass is 374 g/mol. The molecule has 106 valence electrons. The average Bonchev–Trinajstić information content (AvgIpc) is 2.33. The number of nitrogen functional groups attached to an aromatic ring is 1. The van der Waals surface area contributed by atoms with Crippen molar-refractivity contribution in [3.63, 3.8) is 0 Å². The van der Waals surface area contributed by atoms with Crippen LogP contribution in [-0.2, 0) is 10.0 Å². The maximum atomic E-state index is 12.4. The molecule has 0 saturated heterocycles. The molecule has 3 N–H and O–H groups in total. The Hall–Kier alpha value is -1.24. The zero-order valence-electron chi connectivity index (χ0n) is 10.5. The standard InChI is InChI=1S/C13H12BrClN2O2S/c1-8-6-10(16)3-5-13(8)20(18,19)17-12-7-9(15)2-4-11(12)14/h2-7,17H,16H2,1H3. The van der Waals surface area contributed by atoms with Crippen molar-refractivity contribution in [1.29, 1.82) is 0 Å². The Kier molecular flexibility index (Phi) is 4.27. The van der Waals surface area contributed by atoms with Gasteiger partial charge >= 0.3 is 0 Å². The third-order valence-electron chi connectivity index (χ3n) is 2.66. The molecule has 0 aliphatic rings. The van der Waals surface area contributed by atoms with Gasteiger partial charge in [-0.15, -0.1) is 0 Å². The number of nitrogens with two attached hydrogens (primary N) is 1. The van der Waals surface area contributed by atoms with E-state index in [9.17, 15) is 8.42 Å². The van der Waals surface area contributed by atoms with Crippen LogP contribution in [0, 0.1) is 6.92 Å². The number of nitrogens with one attached hydrogen (secondary N) is 1. The van der Waals surface area contributed by atoms with Crippen molar-refractivity contribution in [2.24, 2.45) is 0 Å². The second kappa shape index (κ2) is 5.63. The summed E-state index contributed by atoms with van der Waals surface area (Å²) in [4.78, 5) is 0.179. The molecule has 2 aromatic rings. The Bertz CT molecular complexity index is 763. The molecular weight excluding hydrogens is 364 g/mol. The van der Waals surface area contributed by atoms with E-state index >= 15 is 0 Å². The lowest BCUT2D eigenvalue weighted by atomic mass is 10.2. The van der Waals surface area contributed by atoms with Crippen LogP contribution in [0.25, 0.3) is 0 Å². The molecule has 0 spiro atoms. The number of rotatable bonds is 3. The predicted molar refractivity (Wildman–Crippen MR) is 85.6 cm³/mol. The second-order valence-electron chi connectivity index (χ2n) is 4.25. The minimum absolute atomic E-state index is 0.179. The van der Waals surface area contributed by atoms with E-state index in [-0.39, 0.29) is 4.90 Å². The summed E-state index contributed by atoms with van der Waals surface area (Å²) in [6.07, 6.45) is 0. The Morgan fingerprint density at radius 3 is 2.55 bits per heavy atom. The van der Waals surface area contributed by atoms with Crippen LogP contribution in [0.2, 0.25) is 5.02 Å². The lowest BCUT2D eigenvalue weighted by Crippen LogP contribution is -2.14. The first-order chi connectivity index (χ1) is 9.29. The molecule has 0 saturated carbocycles. The van der Waals surface area contributed by atoms with Crippen molar-refractivity contribution in [3.05, 3.63) is 51.5 Å². The Labute approximate surface area is 131 Å². The molecule has 0 unspecified atom stereocenters. The fourth-order valence-corrected chi connectivity index (χ4v) is 3.70. The van der Waals surface area contributed by atoms with Crippen LogP contribution in [0.5, 0.6) is 0 Å². The van der Waals surface area contributed by atoms with Crippen molar-refractivity contribution in [1.82, 2.24) is 0 Å². The summed E-state index contributed by atoms with van der Waals surface area (Å²) in [6.45, 7) is 1.69. The number of halogens is 2. The van der Waals surface area contributed by atoms with Gasteiger partial charge in [0.1, 0.15) is 0 Å². The molecule has 0 radical (unpaired) electrons. The van der Waals surface area contributed by atoms with Gasteiger partial charge < -0.3 is 5.73 Å². The number of hydrogen-bond acceptors (Lipinski definition) is 3. The first-order valence-corrected chi connectivity index (χ1v) is 8.29. The molecule has 2 aromatic carbocycles. The molecule has 4 nitrogen and oxygen atoms in total. The van der Waals surface area contributed by atoms with Gasteiger partial charge in [0.05, 0.1) is 10.6 Å². The van der Waals surface area contributed by atoms with Gasteiger partial charge in [0.15, 0.2) is 0 Å². The van der Waals surface area contributed by atoms with Crippen LogP contribution >= 0.6 is 27.5 Å². The molecule has 0 aliphatic carbocycles. The highest BCUT2D eigenvalue weighted by atomic mass is 79.9. The summed E-state index contributed by atoms with van der Waals surface area (Å²) >= 11 is 9.15. The van der Waals surface area contributed by atoms with Crippen LogP contribution in [-0.4, -0.2) is 8.42 Å². The van der Waals surface area contributed by atoms with Crippen LogP contribution in [0.1, 0.15) is 5.56 Å². The smallest absolute Gasteiger partial charge is 0.262 e. The van der Waals surface area contributed by atoms with Gasteiger partial charge in [-0.1, -0.05) is 11.6 Å². The van der Waals surface area contributed by atoms with Crippen molar-refractivity contribution in [2.45, 2.75) is 11.8 Å². The summed E-state index contributed by atoms with van der Waals surface area (Å²) in [5.74, 6) is 0. The maximum absolute atomic E-state index is 12.4. The molecule has 7 heteroatoms. The summed E-state index contributed by atoms with van der Waals surface area (Å²) in [6, 6.07) is 9.52. The highest BCUT2D eigenvalue weighted by Gasteiger charge is 2.18. The molecule has 20 heavy (non-hydrogen) atoms. The first-order valence-electron chi connectivity index (χ1n) is 5.63. The van der Waals surface area contributed by atoms with Gasteiger partial charge in [0.25, 0.3) is 10.0 Å². The Morgan fingerprint density at radius 2 is 1.90 bits per heavy atom. The molecule has 0 aromatic heterocycles. The topological polar surface area (TPSA) is 72.2 Å². The highest BCUT2D eigenvalue weighted by molar-refractivity contribution is 9.10. The SMILES string of the molecule is Cc1cc(N)ccc1S(=O)(=O)Nc1cc(Cl)ccc1Br. The zero-order chi connectivity index (χ0) is 14.9. The van der Waals surface area contributed by atoms with E-state index < -0.39 is 10.0 Å². The number of aryl methyl sites for hydroxylation is 1. The first kappa shape index (κ1) is 15.2. The molecule has 0 amide bonds. The Balaban J connectivity index is 2.43. The van der Waals surface area contributed by atoms with Crippen molar-refractivity contribution >= 4 is 48.9 Å². The van der Waals surface area contributed by atoms with E-state index in [4.69, 9.17) is 17.3 Å². The van der Waals surface area contributed by atoms with E-state index in [1.54, 1.807) is 31.2 Å². The van der Waals surface area contributed by atoms with Crippen LogP contribution in [0.15, 0.2) is 45.8 Å². The summed E-state index contributed by atoms with van der Waals surface area (Å²) in [5.41, 5.74) is 7.11. The summed E-state index contributed by atoms with van der Waals surface area (Å²) < 4.78 is 27.9. The minimum atomic E-state index is -3.69. The number of sulfonamides is 1. The molecule has 2 rings (SSSR count). The lowest BCUT2D eigenvalue weighted by molar-refractivity contribution is 0.600. The van der Waals surface area contributed by atoms with Crippen LogP contribution in [0.4, 0.5) is 11.4 Å².